The van der Waals surface area contributed by atoms with Gasteiger partial charge in [0.1, 0.15) is 0 Å². The first-order chi connectivity index (χ1) is 6.24. The van der Waals surface area contributed by atoms with Crippen LogP contribution >= 0.6 is 11.3 Å². The molecule has 1 saturated carbocycles. The molecule has 3 heteroatoms. The molecule has 13 heavy (non-hydrogen) atoms. The molecule has 2 nitrogen and oxygen atoms in total. The first kappa shape index (κ1) is 9.16. The van der Waals surface area contributed by atoms with Gasteiger partial charge in [-0.1, -0.05) is 6.92 Å². The van der Waals surface area contributed by atoms with Crippen LogP contribution in [0.3, 0.4) is 0 Å². The van der Waals surface area contributed by atoms with E-state index < -0.39 is 0 Å². The molecule has 0 spiro atoms. The molecule has 1 fully saturated rings. The van der Waals surface area contributed by atoms with Gasteiger partial charge in [-0.05, 0) is 24.2 Å². The third kappa shape index (κ3) is 1.92. The summed E-state index contributed by atoms with van der Waals surface area (Å²) in [6.07, 6.45) is 5.33. The van der Waals surface area contributed by atoms with Crippen LogP contribution in [0.2, 0.25) is 0 Å². The molecular formula is C10H15NOS. The summed E-state index contributed by atoms with van der Waals surface area (Å²) < 4.78 is 0. The fraction of sp³-hybridized carbons (Fsp3) is 0.700. The fourth-order valence-corrected chi connectivity index (χ4v) is 2.61. The second-order valence-corrected chi connectivity index (χ2v) is 5.17. The highest BCUT2D eigenvalue weighted by atomic mass is 32.1. The molecule has 72 valence electrons. The van der Waals surface area contributed by atoms with Crippen molar-refractivity contribution in [3.8, 4) is 0 Å². The third-order valence-electron chi connectivity index (χ3n) is 2.96. The molecule has 1 aliphatic rings. The predicted molar refractivity (Wildman–Crippen MR) is 53.7 cm³/mol. The fourth-order valence-electron chi connectivity index (χ4n) is 1.80. The molecule has 1 unspecified atom stereocenters. The van der Waals surface area contributed by atoms with Crippen LogP contribution in [-0.2, 0) is 6.42 Å². The molecule has 0 aromatic carbocycles. The maximum absolute atomic E-state index is 9.37. The van der Waals surface area contributed by atoms with Gasteiger partial charge in [-0.2, -0.15) is 0 Å². The molecule has 0 aliphatic heterocycles. The smallest absolute Gasteiger partial charge is 0.0931 e. The molecule has 0 radical (unpaired) electrons. The molecule has 0 saturated heterocycles. The Bertz CT molecular complexity index is 268. The minimum Gasteiger partial charge on any atom is -0.396 e. The van der Waals surface area contributed by atoms with E-state index in [-0.39, 0.29) is 12.0 Å². The number of aliphatic hydroxyl groups is 1. The zero-order chi connectivity index (χ0) is 9.31. The van der Waals surface area contributed by atoms with Crippen molar-refractivity contribution in [1.29, 1.82) is 0 Å². The number of aliphatic hydroxyl groups excluding tert-OH is 1. The Kier molecular flexibility index (Phi) is 2.39. The van der Waals surface area contributed by atoms with Crippen LogP contribution in [0, 0.1) is 11.3 Å². The Morgan fingerprint density at radius 3 is 2.92 bits per heavy atom. The Hall–Kier alpha value is -0.410. The number of thiazole rings is 1. The second-order valence-electron chi connectivity index (χ2n) is 4.19. The van der Waals surface area contributed by atoms with Crippen molar-refractivity contribution in [2.45, 2.75) is 26.2 Å². The molecule has 1 atom stereocenters. The number of hydrogen-bond donors (Lipinski definition) is 1. The maximum atomic E-state index is 9.37. The largest absolute Gasteiger partial charge is 0.396 e. The van der Waals surface area contributed by atoms with Gasteiger partial charge in [0.25, 0.3) is 0 Å². The third-order valence-corrected chi connectivity index (χ3v) is 3.74. The SMILES string of the molecule is CC(CO)(Cc1nccs1)C1CC1. The summed E-state index contributed by atoms with van der Waals surface area (Å²) in [5.41, 5.74) is 0.0812. The summed E-state index contributed by atoms with van der Waals surface area (Å²) in [6, 6.07) is 0. The molecular weight excluding hydrogens is 182 g/mol. The van der Waals surface area contributed by atoms with Crippen molar-refractivity contribution in [3.63, 3.8) is 0 Å². The molecule has 2 rings (SSSR count). The van der Waals surface area contributed by atoms with Crippen LogP contribution in [-0.4, -0.2) is 16.7 Å². The lowest BCUT2D eigenvalue weighted by molar-refractivity contribution is 0.119. The van der Waals surface area contributed by atoms with Crippen molar-refractivity contribution in [2.75, 3.05) is 6.61 Å². The van der Waals surface area contributed by atoms with E-state index >= 15 is 0 Å². The van der Waals surface area contributed by atoms with Gasteiger partial charge in [0.05, 0.1) is 5.01 Å². The lowest BCUT2D eigenvalue weighted by atomic mass is 9.83. The van der Waals surface area contributed by atoms with E-state index in [2.05, 4.69) is 11.9 Å². The Morgan fingerprint density at radius 2 is 2.46 bits per heavy atom. The topological polar surface area (TPSA) is 33.1 Å². The predicted octanol–water partition coefficient (Wildman–Crippen LogP) is 2.09. The maximum Gasteiger partial charge on any atom is 0.0931 e. The van der Waals surface area contributed by atoms with Crippen molar-refractivity contribution < 1.29 is 5.11 Å². The number of rotatable bonds is 4. The normalized spacial score (nSPS) is 21.4. The number of aromatic nitrogens is 1. The highest BCUT2D eigenvalue weighted by molar-refractivity contribution is 7.09. The van der Waals surface area contributed by atoms with Crippen LogP contribution in [0.4, 0.5) is 0 Å². The Labute approximate surface area is 82.6 Å². The van der Waals surface area contributed by atoms with Crippen LogP contribution in [0.5, 0.6) is 0 Å². The average Bonchev–Trinajstić information content (AvgIpc) is 2.88. The van der Waals surface area contributed by atoms with Gasteiger partial charge in [0.2, 0.25) is 0 Å². The van der Waals surface area contributed by atoms with Crippen LogP contribution in [0.25, 0.3) is 0 Å². The quantitative estimate of drug-likeness (QED) is 0.801. The first-order valence-corrected chi connectivity index (χ1v) is 5.62. The van der Waals surface area contributed by atoms with Gasteiger partial charge in [-0.3, -0.25) is 0 Å². The molecule has 1 heterocycles. The van der Waals surface area contributed by atoms with E-state index in [9.17, 15) is 5.11 Å². The molecule has 0 bridgehead atoms. The van der Waals surface area contributed by atoms with Crippen LogP contribution in [0.15, 0.2) is 11.6 Å². The standard InChI is InChI=1S/C10H15NOS/c1-10(7-12,8-2-3-8)6-9-11-4-5-13-9/h4-5,8,12H,2-3,6-7H2,1H3. The van der Waals surface area contributed by atoms with Gasteiger partial charge >= 0.3 is 0 Å². The lowest BCUT2D eigenvalue weighted by Crippen LogP contribution is -2.26. The van der Waals surface area contributed by atoms with E-state index in [1.807, 2.05) is 11.6 Å². The van der Waals surface area contributed by atoms with Crippen molar-refractivity contribution in [3.05, 3.63) is 16.6 Å². The Balaban J connectivity index is 2.05. The highest BCUT2D eigenvalue weighted by Crippen LogP contribution is 2.47. The molecule has 0 amide bonds. The van der Waals surface area contributed by atoms with Gasteiger partial charge in [-0.15, -0.1) is 11.3 Å². The van der Waals surface area contributed by atoms with Crippen molar-refractivity contribution >= 4 is 11.3 Å². The van der Waals surface area contributed by atoms with Crippen molar-refractivity contribution in [1.82, 2.24) is 4.98 Å². The lowest BCUT2D eigenvalue weighted by Gasteiger charge is -2.25. The summed E-state index contributed by atoms with van der Waals surface area (Å²) in [5, 5.41) is 12.5. The molecule has 1 N–H and O–H groups in total. The minimum atomic E-state index is 0.0812. The van der Waals surface area contributed by atoms with E-state index in [1.54, 1.807) is 11.3 Å². The zero-order valence-corrected chi connectivity index (χ0v) is 8.68. The summed E-state index contributed by atoms with van der Waals surface area (Å²) in [4.78, 5) is 4.27. The first-order valence-electron chi connectivity index (χ1n) is 4.74. The van der Waals surface area contributed by atoms with E-state index in [0.717, 1.165) is 17.3 Å². The van der Waals surface area contributed by atoms with E-state index in [4.69, 9.17) is 0 Å². The molecule has 1 aromatic rings. The molecule has 1 aliphatic carbocycles. The monoisotopic (exact) mass is 197 g/mol. The van der Waals surface area contributed by atoms with Gasteiger partial charge in [-0.25, -0.2) is 4.98 Å². The number of nitrogens with zero attached hydrogens (tertiary/aromatic N) is 1. The average molecular weight is 197 g/mol. The van der Waals surface area contributed by atoms with E-state index in [0.29, 0.717) is 0 Å². The van der Waals surface area contributed by atoms with Crippen LogP contribution < -0.4 is 0 Å². The molecule has 1 aromatic heterocycles. The minimum absolute atomic E-state index is 0.0812. The van der Waals surface area contributed by atoms with Gasteiger partial charge in [0, 0.05) is 24.6 Å². The van der Waals surface area contributed by atoms with Crippen molar-refractivity contribution in [2.24, 2.45) is 11.3 Å². The number of hydrogen-bond acceptors (Lipinski definition) is 3. The summed E-state index contributed by atoms with van der Waals surface area (Å²) >= 11 is 1.69. The Morgan fingerprint density at radius 1 is 1.69 bits per heavy atom. The zero-order valence-electron chi connectivity index (χ0n) is 7.86. The second kappa shape index (κ2) is 3.39. The van der Waals surface area contributed by atoms with E-state index in [1.165, 1.54) is 12.8 Å². The summed E-state index contributed by atoms with van der Waals surface area (Å²) in [7, 11) is 0. The summed E-state index contributed by atoms with van der Waals surface area (Å²) in [5.74, 6) is 0.724. The van der Waals surface area contributed by atoms with Crippen LogP contribution in [0.1, 0.15) is 24.8 Å². The van der Waals surface area contributed by atoms with Gasteiger partial charge in [0.15, 0.2) is 0 Å². The summed E-state index contributed by atoms with van der Waals surface area (Å²) in [6.45, 7) is 2.46. The van der Waals surface area contributed by atoms with Gasteiger partial charge < -0.3 is 5.11 Å². The highest BCUT2D eigenvalue weighted by Gasteiger charge is 2.41.